The number of methoxy groups -OCH3 is 2. The molecule has 0 aliphatic heterocycles. The van der Waals surface area contributed by atoms with E-state index in [1.165, 1.54) is 19.6 Å². The third-order valence-corrected chi connectivity index (χ3v) is 5.16. The van der Waals surface area contributed by atoms with E-state index in [4.69, 9.17) is 14.2 Å². The number of rotatable bonds is 7. The van der Waals surface area contributed by atoms with E-state index in [9.17, 15) is 9.59 Å². The zero-order chi connectivity index (χ0) is 20.6. The number of benzene rings is 2. The molecule has 0 radical (unpaired) electrons. The SMILES string of the molecule is COc1ccc(C(=O)C=Cc2ccccc2OC(=O)C2CCCCC2)c(OC)c1. The minimum atomic E-state index is -0.210. The van der Waals surface area contributed by atoms with Crippen molar-refractivity contribution in [3.8, 4) is 17.2 Å². The van der Waals surface area contributed by atoms with Gasteiger partial charge < -0.3 is 14.2 Å². The average molecular weight is 394 g/mol. The molecule has 0 amide bonds. The molecule has 0 unspecified atom stereocenters. The van der Waals surface area contributed by atoms with Crippen LogP contribution in [0, 0.1) is 5.92 Å². The number of allylic oxidation sites excluding steroid dienone is 1. The summed E-state index contributed by atoms with van der Waals surface area (Å²) < 4.78 is 16.1. The molecule has 0 atom stereocenters. The van der Waals surface area contributed by atoms with Crippen LogP contribution in [0.15, 0.2) is 48.5 Å². The smallest absolute Gasteiger partial charge is 0.314 e. The standard InChI is InChI=1S/C24H26O5/c1-27-19-13-14-20(23(16-19)28-2)21(25)15-12-17-8-6-7-11-22(17)29-24(26)18-9-4-3-5-10-18/h6-8,11-16,18H,3-5,9-10H2,1-2H3. The Hall–Kier alpha value is -3.08. The third kappa shape index (κ3) is 5.25. The number of ketones is 1. The van der Waals surface area contributed by atoms with Gasteiger partial charge in [-0.05, 0) is 43.2 Å². The highest BCUT2D eigenvalue weighted by atomic mass is 16.5. The lowest BCUT2D eigenvalue weighted by Crippen LogP contribution is -2.23. The highest BCUT2D eigenvalue weighted by Gasteiger charge is 2.23. The Labute approximate surface area is 171 Å². The second-order valence-electron chi connectivity index (χ2n) is 7.06. The number of para-hydroxylation sites is 1. The fourth-order valence-electron chi connectivity index (χ4n) is 3.50. The highest BCUT2D eigenvalue weighted by Crippen LogP contribution is 2.28. The summed E-state index contributed by atoms with van der Waals surface area (Å²) in [5.41, 5.74) is 1.11. The van der Waals surface area contributed by atoms with E-state index >= 15 is 0 Å². The molecule has 0 aromatic heterocycles. The van der Waals surface area contributed by atoms with E-state index in [2.05, 4.69) is 0 Å². The first-order chi connectivity index (χ1) is 14.1. The Bertz CT molecular complexity index is 894. The molecular weight excluding hydrogens is 368 g/mol. The predicted molar refractivity (Wildman–Crippen MR) is 112 cm³/mol. The number of hydrogen-bond donors (Lipinski definition) is 0. The number of hydrogen-bond acceptors (Lipinski definition) is 5. The molecule has 1 saturated carbocycles. The largest absolute Gasteiger partial charge is 0.497 e. The number of carbonyl (C=O) groups excluding carboxylic acids is 2. The average Bonchev–Trinajstić information content (AvgIpc) is 2.78. The van der Waals surface area contributed by atoms with Gasteiger partial charge in [0.1, 0.15) is 17.2 Å². The molecule has 1 fully saturated rings. The summed E-state index contributed by atoms with van der Waals surface area (Å²) in [5, 5.41) is 0. The molecule has 0 N–H and O–H groups in total. The second-order valence-corrected chi connectivity index (χ2v) is 7.06. The molecule has 2 aromatic rings. The van der Waals surface area contributed by atoms with Crippen molar-refractivity contribution in [3.05, 3.63) is 59.7 Å². The number of esters is 1. The molecule has 5 nitrogen and oxygen atoms in total. The Morgan fingerprint density at radius 1 is 0.931 bits per heavy atom. The van der Waals surface area contributed by atoms with Crippen molar-refractivity contribution in [1.29, 1.82) is 0 Å². The van der Waals surface area contributed by atoms with E-state index in [0.717, 1.165) is 25.7 Å². The third-order valence-electron chi connectivity index (χ3n) is 5.16. The lowest BCUT2D eigenvalue weighted by atomic mass is 9.89. The summed E-state index contributed by atoms with van der Waals surface area (Å²) >= 11 is 0. The van der Waals surface area contributed by atoms with Gasteiger partial charge in [0.05, 0.1) is 25.7 Å². The van der Waals surface area contributed by atoms with Gasteiger partial charge in [-0.1, -0.05) is 37.5 Å². The van der Waals surface area contributed by atoms with Gasteiger partial charge in [0.15, 0.2) is 5.78 Å². The molecule has 29 heavy (non-hydrogen) atoms. The van der Waals surface area contributed by atoms with Crippen LogP contribution in [-0.2, 0) is 4.79 Å². The highest BCUT2D eigenvalue weighted by molar-refractivity contribution is 6.08. The maximum atomic E-state index is 12.7. The summed E-state index contributed by atoms with van der Waals surface area (Å²) in [5.74, 6) is 1.09. The Morgan fingerprint density at radius 2 is 1.69 bits per heavy atom. The van der Waals surface area contributed by atoms with Crippen LogP contribution in [0.25, 0.3) is 6.08 Å². The van der Waals surface area contributed by atoms with E-state index in [1.54, 1.807) is 37.5 Å². The van der Waals surface area contributed by atoms with Crippen LogP contribution < -0.4 is 14.2 Å². The molecular formula is C24H26O5. The van der Waals surface area contributed by atoms with Crippen LogP contribution in [-0.4, -0.2) is 26.0 Å². The Kier molecular flexibility index (Phi) is 7.06. The van der Waals surface area contributed by atoms with Crippen molar-refractivity contribution in [1.82, 2.24) is 0 Å². The summed E-state index contributed by atoms with van der Waals surface area (Å²) in [6.45, 7) is 0. The number of carbonyl (C=O) groups is 2. The first-order valence-electron chi connectivity index (χ1n) is 9.87. The van der Waals surface area contributed by atoms with Gasteiger partial charge in [0.2, 0.25) is 0 Å². The minimum Gasteiger partial charge on any atom is -0.497 e. The van der Waals surface area contributed by atoms with Crippen LogP contribution in [0.3, 0.4) is 0 Å². The van der Waals surface area contributed by atoms with E-state index in [-0.39, 0.29) is 17.7 Å². The molecule has 152 valence electrons. The van der Waals surface area contributed by atoms with Gasteiger partial charge in [-0.25, -0.2) is 0 Å². The topological polar surface area (TPSA) is 61.8 Å². The Balaban J connectivity index is 1.75. The van der Waals surface area contributed by atoms with Crippen LogP contribution in [0.2, 0.25) is 0 Å². The van der Waals surface area contributed by atoms with E-state index < -0.39 is 0 Å². The molecule has 3 rings (SSSR count). The maximum absolute atomic E-state index is 12.7. The fraction of sp³-hybridized carbons (Fsp3) is 0.333. The fourth-order valence-corrected chi connectivity index (χ4v) is 3.50. The van der Waals surface area contributed by atoms with Crippen molar-refractivity contribution in [3.63, 3.8) is 0 Å². The summed E-state index contributed by atoms with van der Waals surface area (Å²) in [7, 11) is 3.07. The predicted octanol–water partition coefficient (Wildman–Crippen LogP) is 5.09. The zero-order valence-corrected chi connectivity index (χ0v) is 16.9. The minimum absolute atomic E-state index is 0.0361. The van der Waals surface area contributed by atoms with Crippen molar-refractivity contribution >= 4 is 17.8 Å². The Morgan fingerprint density at radius 3 is 2.41 bits per heavy atom. The van der Waals surface area contributed by atoms with Gasteiger partial charge in [0, 0.05) is 11.6 Å². The summed E-state index contributed by atoms with van der Waals surface area (Å²) in [6, 6.07) is 12.3. The van der Waals surface area contributed by atoms with Gasteiger partial charge in [-0.3, -0.25) is 9.59 Å². The van der Waals surface area contributed by atoms with Gasteiger partial charge in [0.25, 0.3) is 0 Å². The van der Waals surface area contributed by atoms with Crippen LogP contribution in [0.4, 0.5) is 0 Å². The molecule has 0 spiro atoms. The van der Waals surface area contributed by atoms with Gasteiger partial charge in [-0.2, -0.15) is 0 Å². The number of ether oxygens (including phenoxy) is 3. The molecule has 1 aliphatic carbocycles. The first-order valence-corrected chi connectivity index (χ1v) is 9.87. The lowest BCUT2D eigenvalue weighted by molar-refractivity contribution is -0.140. The quantitative estimate of drug-likeness (QED) is 0.283. The molecule has 0 heterocycles. The molecule has 0 bridgehead atoms. The molecule has 5 heteroatoms. The van der Waals surface area contributed by atoms with Crippen LogP contribution >= 0.6 is 0 Å². The monoisotopic (exact) mass is 394 g/mol. The van der Waals surface area contributed by atoms with Crippen molar-refractivity contribution in [2.24, 2.45) is 5.92 Å². The lowest BCUT2D eigenvalue weighted by Gasteiger charge is -2.20. The zero-order valence-electron chi connectivity index (χ0n) is 16.9. The normalized spacial score (nSPS) is 14.6. The van der Waals surface area contributed by atoms with E-state index in [1.807, 2.05) is 18.2 Å². The maximum Gasteiger partial charge on any atom is 0.314 e. The van der Waals surface area contributed by atoms with Crippen molar-refractivity contribution in [2.45, 2.75) is 32.1 Å². The summed E-state index contributed by atoms with van der Waals surface area (Å²) in [4.78, 5) is 25.1. The van der Waals surface area contributed by atoms with Gasteiger partial charge >= 0.3 is 5.97 Å². The van der Waals surface area contributed by atoms with Crippen LogP contribution in [0.1, 0.15) is 48.0 Å². The second kappa shape index (κ2) is 9.92. The van der Waals surface area contributed by atoms with Crippen molar-refractivity contribution < 1.29 is 23.8 Å². The van der Waals surface area contributed by atoms with Crippen molar-refractivity contribution in [2.75, 3.05) is 14.2 Å². The molecule has 0 saturated heterocycles. The van der Waals surface area contributed by atoms with Gasteiger partial charge in [-0.15, -0.1) is 0 Å². The van der Waals surface area contributed by atoms with E-state index in [0.29, 0.717) is 28.4 Å². The summed E-state index contributed by atoms with van der Waals surface area (Å²) in [6.07, 6.45) is 8.20. The first kappa shape index (κ1) is 20.6. The molecule has 1 aliphatic rings. The van der Waals surface area contributed by atoms with Crippen LogP contribution in [0.5, 0.6) is 17.2 Å². The molecule has 2 aromatic carbocycles.